The largest absolute Gasteiger partial charge is 0.276 e. The second kappa shape index (κ2) is 4.69. The molecule has 2 rings (SSSR count). The van der Waals surface area contributed by atoms with E-state index in [1.54, 1.807) is 36.5 Å². The van der Waals surface area contributed by atoms with E-state index in [0.29, 0.717) is 5.69 Å². The molecule has 0 atom stereocenters. The van der Waals surface area contributed by atoms with Gasteiger partial charge in [-0.25, -0.2) is 9.97 Å². The summed E-state index contributed by atoms with van der Waals surface area (Å²) in [6.45, 7) is 0. The number of aromatic nitrogens is 2. The van der Waals surface area contributed by atoms with Crippen LogP contribution >= 0.6 is 0 Å². The van der Waals surface area contributed by atoms with Crippen LogP contribution in [0.5, 0.6) is 0 Å². The molecule has 6 heteroatoms. The van der Waals surface area contributed by atoms with Gasteiger partial charge < -0.3 is 0 Å². The maximum absolute atomic E-state index is 8.51. The first kappa shape index (κ1) is 10.5. The third-order valence-electron chi connectivity index (χ3n) is 2.01. The van der Waals surface area contributed by atoms with Crippen molar-refractivity contribution in [1.82, 2.24) is 9.97 Å². The third-order valence-corrected chi connectivity index (χ3v) is 2.01. The van der Waals surface area contributed by atoms with Crippen LogP contribution in [-0.2, 0) is 0 Å². The Morgan fingerprint density at radius 2 is 2.12 bits per heavy atom. The minimum atomic E-state index is -0.227. The number of nitrogens with zero attached hydrogens (tertiary/aromatic N) is 5. The van der Waals surface area contributed by atoms with Gasteiger partial charge in [-0.15, -0.1) is 0 Å². The lowest BCUT2D eigenvalue weighted by Crippen LogP contribution is -1.96. The van der Waals surface area contributed by atoms with Gasteiger partial charge in [-0.3, -0.25) is 5.43 Å². The van der Waals surface area contributed by atoms with Crippen molar-refractivity contribution >= 4 is 22.3 Å². The number of nitrogens with one attached hydrogen (secondary N) is 1. The Bertz CT molecular complexity index is 645. The van der Waals surface area contributed by atoms with Crippen LogP contribution in [0, 0.1) is 22.7 Å². The van der Waals surface area contributed by atoms with E-state index in [2.05, 4.69) is 20.5 Å². The Balaban J connectivity index is 2.30. The number of anilines is 1. The average molecular weight is 222 g/mol. The Hall–Kier alpha value is -2.99. The van der Waals surface area contributed by atoms with E-state index >= 15 is 0 Å². The van der Waals surface area contributed by atoms with E-state index in [4.69, 9.17) is 10.5 Å². The van der Waals surface area contributed by atoms with Gasteiger partial charge in [-0.05, 0) is 18.2 Å². The predicted octanol–water partition coefficient (Wildman–Crippen LogP) is 1.44. The second-order valence-corrected chi connectivity index (χ2v) is 3.09. The highest BCUT2D eigenvalue weighted by Crippen LogP contribution is 2.15. The van der Waals surface area contributed by atoms with Crippen LogP contribution in [0.25, 0.3) is 10.9 Å². The molecule has 0 spiro atoms. The number of hydrogen-bond donors (Lipinski definition) is 1. The van der Waals surface area contributed by atoms with E-state index in [-0.39, 0.29) is 5.71 Å². The van der Waals surface area contributed by atoms with Gasteiger partial charge in [-0.2, -0.15) is 15.6 Å². The molecule has 0 aliphatic rings. The van der Waals surface area contributed by atoms with Crippen molar-refractivity contribution in [3.8, 4) is 12.1 Å². The summed E-state index contributed by atoms with van der Waals surface area (Å²) in [4.78, 5) is 7.97. The predicted molar refractivity (Wildman–Crippen MR) is 61.8 cm³/mol. The number of fused-ring (bicyclic) bond motifs is 1. The first-order chi connectivity index (χ1) is 8.33. The normalized spacial score (nSPS) is 9.06. The number of hydrogen-bond acceptors (Lipinski definition) is 6. The zero-order chi connectivity index (χ0) is 12.1. The highest BCUT2D eigenvalue weighted by molar-refractivity contribution is 6.10. The quantitative estimate of drug-likeness (QED) is 0.612. The molecule has 0 aliphatic carbocycles. The summed E-state index contributed by atoms with van der Waals surface area (Å²) in [5, 5.41) is 21.5. The molecule has 0 radical (unpaired) electrons. The van der Waals surface area contributed by atoms with Crippen LogP contribution in [0.4, 0.5) is 5.69 Å². The lowest BCUT2D eigenvalue weighted by Gasteiger charge is -2.01. The summed E-state index contributed by atoms with van der Waals surface area (Å²) in [6.07, 6.45) is 3.14. The smallest absolute Gasteiger partial charge is 0.237 e. The summed E-state index contributed by atoms with van der Waals surface area (Å²) in [5.74, 6) is 0. The molecule has 0 saturated carbocycles. The van der Waals surface area contributed by atoms with Crippen LogP contribution in [0.1, 0.15) is 0 Å². The maximum Gasteiger partial charge on any atom is 0.237 e. The molecule has 1 N–H and O–H groups in total. The summed E-state index contributed by atoms with van der Waals surface area (Å²) in [6, 6.07) is 8.66. The first-order valence-electron chi connectivity index (χ1n) is 4.67. The molecule has 80 valence electrons. The fourth-order valence-corrected chi connectivity index (χ4v) is 1.25. The topological polar surface area (TPSA) is 97.8 Å². The van der Waals surface area contributed by atoms with Crippen LogP contribution < -0.4 is 5.43 Å². The van der Waals surface area contributed by atoms with Crippen molar-refractivity contribution in [2.75, 3.05) is 5.43 Å². The molecular weight excluding hydrogens is 216 g/mol. The Morgan fingerprint density at radius 3 is 2.88 bits per heavy atom. The lowest BCUT2D eigenvalue weighted by molar-refractivity contribution is 1.22. The molecule has 17 heavy (non-hydrogen) atoms. The fourth-order valence-electron chi connectivity index (χ4n) is 1.25. The van der Waals surface area contributed by atoms with Crippen LogP contribution in [0.15, 0.2) is 35.8 Å². The Morgan fingerprint density at radius 1 is 1.29 bits per heavy atom. The Kier molecular flexibility index (Phi) is 2.90. The summed E-state index contributed by atoms with van der Waals surface area (Å²) in [5.41, 5.74) is 3.88. The zero-order valence-corrected chi connectivity index (χ0v) is 8.62. The van der Waals surface area contributed by atoms with E-state index in [1.165, 1.54) is 6.33 Å². The van der Waals surface area contributed by atoms with Gasteiger partial charge in [0.15, 0.2) is 0 Å². The van der Waals surface area contributed by atoms with Gasteiger partial charge >= 0.3 is 0 Å². The number of rotatable bonds is 2. The number of benzene rings is 1. The highest BCUT2D eigenvalue weighted by Gasteiger charge is 1.97. The lowest BCUT2D eigenvalue weighted by atomic mass is 10.2. The van der Waals surface area contributed by atoms with Crippen molar-refractivity contribution < 1.29 is 0 Å². The molecule has 1 aromatic heterocycles. The van der Waals surface area contributed by atoms with Crippen LogP contribution in [0.2, 0.25) is 0 Å². The zero-order valence-electron chi connectivity index (χ0n) is 8.62. The van der Waals surface area contributed by atoms with E-state index in [1.807, 2.05) is 0 Å². The molecule has 0 bridgehead atoms. The number of nitriles is 2. The highest BCUT2D eigenvalue weighted by atomic mass is 15.3. The van der Waals surface area contributed by atoms with E-state index in [9.17, 15) is 0 Å². The Labute approximate surface area is 96.8 Å². The van der Waals surface area contributed by atoms with Gasteiger partial charge in [0.05, 0.1) is 11.2 Å². The monoisotopic (exact) mass is 222 g/mol. The van der Waals surface area contributed by atoms with Crippen molar-refractivity contribution in [1.29, 1.82) is 10.5 Å². The van der Waals surface area contributed by atoms with Gasteiger partial charge in [0.1, 0.15) is 18.5 Å². The maximum atomic E-state index is 8.51. The number of hydrazone groups is 1. The van der Waals surface area contributed by atoms with Crippen molar-refractivity contribution in [2.24, 2.45) is 5.10 Å². The molecule has 6 nitrogen and oxygen atoms in total. The first-order valence-corrected chi connectivity index (χ1v) is 4.67. The van der Waals surface area contributed by atoms with Crippen LogP contribution in [-0.4, -0.2) is 15.7 Å². The van der Waals surface area contributed by atoms with E-state index < -0.39 is 0 Å². The average Bonchev–Trinajstić information content (AvgIpc) is 2.40. The third kappa shape index (κ3) is 2.33. The summed E-state index contributed by atoms with van der Waals surface area (Å²) < 4.78 is 0. The van der Waals surface area contributed by atoms with Crippen molar-refractivity contribution in [3.05, 3.63) is 30.7 Å². The molecule has 1 heterocycles. The van der Waals surface area contributed by atoms with E-state index in [0.717, 1.165) is 10.9 Å². The molecule has 0 fully saturated rings. The molecular formula is C11H6N6. The molecule has 2 aromatic rings. The minimum absolute atomic E-state index is 0.227. The molecule has 0 unspecified atom stereocenters. The summed E-state index contributed by atoms with van der Waals surface area (Å²) in [7, 11) is 0. The fraction of sp³-hybridized carbons (Fsp3) is 0. The van der Waals surface area contributed by atoms with Crippen LogP contribution in [0.3, 0.4) is 0 Å². The standard InChI is InChI=1S/C11H6N6/c12-4-10(5-13)17-16-9-1-2-11-8(3-9)6-14-7-15-11/h1-3,6-7,16H. The SMILES string of the molecule is N#CC(C#N)=NNc1ccc2ncncc2c1. The van der Waals surface area contributed by atoms with Crippen molar-refractivity contribution in [3.63, 3.8) is 0 Å². The minimum Gasteiger partial charge on any atom is -0.276 e. The van der Waals surface area contributed by atoms with Gasteiger partial charge in [0, 0.05) is 11.6 Å². The molecule has 0 aliphatic heterocycles. The molecule has 1 aromatic carbocycles. The van der Waals surface area contributed by atoms with Gasteiger partial charge in [0.25, 0.3) is 0 Å². The summed E-state index contributed by atoms with van der Waals surface area (Å²) >= 11 is 0. The molecule has 0 amide bonds. The van der Waals surface area contributed by atoms with Gasteiger partial charge in [-0.1, -0.05) is 0 Å². The second-order valence-electron chi connectivity index (χ2n) is 3.09. The van der Waals surface area contributed by atoms with Gasteiger partial charge in [0.2, 0.25) is 5.71 Å². The van der Waals surface area contributed by atoms with Crippen molar-refractivity contribution in [2.45, 2.75) is 0 Å². The molecule has 0 saturated heterocycles.